The fourth-order valence-electron chi connectivity index (χ4n) is 3.93. The van der Waals surface area contributed by atoms with Gasteiger partial charge in [-0.3, -0.25) is 13.9 Å². The maximum atomic E-state index is 13.9. The number of nitrogens with one attached hydrogen (secondary N) is 1. The first-order chi connectivity index (χ1) is 18.4. The Morgan fingerprint density at radius 1 is 0.974 bits per heavy atom. The van der Waals surface area contributed by atoms with E-state index in [1.807, 2.05) is 13.8 Å². The number of benzene rings is 3. The third-order valence-electron chi connectivity index (χ3n) is 6.55. The number of halogens is 2. The summed E-state index contributed by atoms with van der Waals surface area (Å²) >= 11 is 6.33. The van der Waals surface area contributed by atoms with E-state index in [4.69, 9.17) is 11.6 Å². The zero-order valence-electron chi connectivity index (χ0n) is 22.4. The summed E-state index contributed by atoms with van der Waals surface area (Å²) in [6, 6.07) is 17.1. The summed E-state index contributed by atoms with van der Waals surface area (Å²) in [6.07, 6.45) is 0.696. The standard InChI is InChI=1S/C29H33ClFN3O4S/c1-5-20(2)32-29(36)22(4)33(18-23-14-16-24(31)17-15-23)28(35)19-34(27-13-9-12-26(30)21(27)3)39(37,38)25-10-7-6-8-11-25/h6-17,20,22H,5,18-19H2,1-4H3,(H,32,36). The zero-order chi connectivity index (χ0) is 28.7. The number of hydrogen-bond acceptors (Lipinski definition) is 4. The van der Waals surface area contributed by atoms with E-state index in [9.17, 15) is 22.4 Å². The molecular weight excluding hydrogens is 541 g/mol. The van der Waals surface area contributed by atoms with Gasteiger partial charge in [0.25, 0.3) is 10.0 Å². The first kappa shape index (κ1) is 30.1. The summed E-state index contributed by atoms with van der Waals surface area (Å²) in [5.41, 5.74) is 1.32. The molecule has 0 spiro atoms. The Labute approximate surface area is 234 Å². The Hall–Kier alpha value is -3.43. The average molecular weight is 574 g/mol. The van der Waals surface area contributed by atoms with Crippen molar-refractivity contribution >= 4 is 39.1 Å². The van der Waals surface area contributed by atoms with Crippen molar-refractivity contribution in [3.05, 3.63) is 94.8 Å². The molecule has 7 nitrogen and oxygen atoms in total. The third-order valence-corrected chi connectivity index (χ3v) is 8.74. The molecular formula is C29H33ClFN3O4S. The van der Waals surface area contributed by atoms with Gasteiger partial charge in [-0.15, -0.1) is 0 Å². The predicted molar refractivity (Wildman–Crippen MR) is 151 cm³/mol. The highest BCUT2D eigenvalue weighted by atomic mass is 35.5. The van der Waals surface area contributed by atoms with Crippen molar-refractivity contribution in [3.8, 4) is 0 Å². The van der Waals surface area contributed by atoms with Crippen LogP contribution in [0.15, 0.2) is 77.7 Å². The van der Waals surface area contributed by atoms with Crippen molar-refractivity contribution in [2.75, 3.05) is 10.8 Å². The van der Waals surface area contributed by atoms with Crippen LogP contribution < -0.4 is 9.62 Å². The monoisotopic (exact) mass is 573 g/mol. The minimum atomic E-state index is -4.19. The molecule has 39 heavy (non-hydrogen) atoms. The van der Waals surface area contributed by atoms with Crippen LogP contribution in [0.1, 0.15) is 38.3 Å². The number of hydrogen-bond donors (Lipinski definition) is 1. The van der Waals surface area contributed by atoms with Crippen molar-refractivity contribution in [2.24, 2.45) is 0 Å². The second kappa shape index (κ2) is 13.1. The fraction of sp³-hybridized carbons (Fsp3) is 0.310. The molecule has 0 saturated heterocycles. The largest absolute Gasteiger partial charge is 0.352 e. The van der Waals surface area contributed by atoms with E-state index in [-0.39, 0.29) is 29.1 Å². The zero-order valence-corrected chi connectivity index (χ0v) is 24.0. The van der Waals surface area contributed by atoms with Crippen LogP contribution in [0.4, 0.5) is 10.1 Å². The highest BCUT2D eigenvalue weighted by Crippen LogP contribution is 2.31. The quantitative estimate of drug-likeness (QED) is 0.337. The van der Waals surface area contributed by atoms with Gasteiger partial charge in [-0.2, -0.15) is 0 Å². The predicted octanol–water partition coefficient (Wildman–Crippen LogP) is 5.31. The molecule has 10 heteroatoms. The van der Waals surface area contributed by atoms with Gasteiger partial charge in [0.1, 0.15) is 18.4 Å². The summed E-state index contributed by atoms with van der Waals surface area (Å²) in [4.78, 5) is 28.3. The van der Waals surface area contributed by atoms with Gasteiger partial charge in [0.05, 0.1) is 10.6 Å². The van der Waals surface area contributed by atoms with Crippen LogP contribution in [-0.4, -0.2) is 43.8 Å². The van der Waals surface area contributed by atoms with Crippen LogP contribution in [-0.2, 0) is 26.2 Å². The molecule has 0 aliphatic carbocycles. The molecule has 3 rings (SSSR count). The van der Waals surface area contributed by atoms with Crippen LogP contribution in [0.25, 0.3) is 0 Å². The van der Waals surface area contributed by atoms with Crippen LogP contribution >= 0.6 is 11.6 Å². The van der Waals surface area contributed by atoms with Gasteiger partial charge in [0, 0.05) is 17.6 Å². The Kier molecular flexibility index (Phi) is 10.1. The fourth-order valence-corrected chi connectivity index (χ4v) is 5.60. The SMILES string of the molecule is CCC(C)NC(=O)C(C)N(Cc1ccc(F)cc1)C(=O)CN(c1cccc(Cl)c1C)S(=O)(=O)c1ccccc1. The van der Waals surface area contributed by atoms with Gasteiger partial charge in [-0.25, -0.2) is 12.8 Å². The second-order valence-corrected chi connectivity index (χ2v) is 11.6. The third kappa shape index (κ3) is 7.36. The van der Waals surface area contributed by atoms with E-state index in [0.717, 1.165) is 4.31 Å². The summed E-state index contributed by atoms with van der Waals surface area (Å²) in [6.45, 7) is 6.43. The van der Waals surface area contributed by atoms with Crippen molar-refractivity contribution in [3.63, 3.8) is 0 Å². The number of nitrogens with zero attached hydrogens (tertiary/aromatic N) is 2. The molecule has 0 aliphatic rings. The lowest BCUT2D eigenvalue weighted by atomic mass is 10.1. The molecule has 3 aromatic carbocycles. The number of rotatable bonds is 11. The Morgan fingerprint density at radius 3 is 2.23 bits per heavy atom. The van der Waals surface area contributed by atoms with Gasteiger partial charge in [0.15, 0.2) is 0 Å². The van der Waals surface area contributed by atoms with Gasteiger partial charge in [0.2, 0.25) is 11.8 Å². The maximum Gasteiger partial charge on any atom is 0.264 e. The Morgan fingerprint density at radius 2 is 1.62 bits per heavy atom. The average Bonchev–Trinajstić information content (AvgIpc) is 2.92. The molecule has 208 valence electrons. The van der Waals surface area contributed by atoms with E-state index in [1.54, 1.807) is 50.2 Å². The Bertz CT molecular complexity index is 1400. The van der Waals surface area contributed by atoms with Crippen molar-refractivity contribution in [1.29, 1.82) is 0 Å². The molecule has 0 saturated carbocycles. The first-order valence-electron chi connectivity index (χ1n) is 12.6. The lowest BCUT2D eigenvalue weighted by Crippen LogP contribution is -2.52. The van der Waals surface area contributed by atoms with Gasteiger partial charge in [-0.1, -0.05) is 54.9 Å². The Balaban J connectivity index is 2.05. The normalized spacial score (nSPS) is 12.9. The van der Waals surface area contributed by atoms with E-state index in [0.29, 0.717) is 22.6 Å². The smallest absolute Gasteiger partial charge is 0.264 e. The number of sulfonamides is 1. The molecule has 0 bridgehead atoms. The number of carbonyl (C=O) groups is 2. The summed E-state index contributed by atoms with van der Waals surface area (Å²) < 4.78 is 42.2. The van der Waals surface area contributed by atoms with E-state index < -0.39 is 34.3 Å². The van der Waals surface area contributed by atoms with Crippen molar-refractivity contribution < 1.29 is 22.4 Å². The van der Waals surface area contributed by atoms with Gasteiger partial charge < -0.3 is 10.2 Å². The highest BCUT2D eigenvalue weighted by molar-refractivity contribution is 7.92. The molecule has 0 heterocycles. The maximum absolute atomic E-state index is 13.9. The minimum absolute atomic E-state index is 0.00447. The lowest BCUT2D eigenvalue weighted by molar-refractivity contribution is -0.139. The molecule has 2 unspecified atom stereocenters. The molecule has 2 amide bonds. The van der Waals surface area contributed by atoms with Crippen LogP contribution in [0.5, 0.6) is 0 Å². The molecule has 1 N–H and O–H groups in total. The van der Waals surface area contributed by atoms with Crippen molar-refractivity contribution in [2.45, 2.75) is 57.6 Å². The van der Waals surface area contributed by atoms with E-state index in [2.05, 4.69) is 5.32 Å². The summed E-state index contributed by atoms with van der Waals surface area (Å²) in [5.74, 6) is -1.42. The van der Waals surface area contributed by atoms with Crippen molar-refractivity contribution in [1.82, 2.24) is 10.2 Å². The molecule has 0 fully saturated rings. The number of carbonyl (C=O) groups excluding carboxylic acids is 2. The highest BCUT2D eigenvalue weighted by Gasteiger charge is 2.33. The summed E-state index contributed by atoms with van der Waals surface area (Å²) in [7, 11) is -4.19. The molecule has 0 aliphatic heterocycles. The number of amides is 2. The molecule has 2 atom stereocenters. The lowest BCUT2D eigenvalue weighted by Gasteiger charge is -2.33. The van der Waals surface area contributed by atoms with Gasteiger partial charge in [-0.05, 0) is 74.7 Å². The molecule has 3 aromatic rings. The topological polar surface area (TPSA) is 86.8 Å². The van der Waals surface area contributed by atoms with E-state index >= 15 is 0 Å². The first-order valence-corrected chi connectivity index (χ1v) is 14.4. The number of anilines is 1. The van der Waals surface area contributed by atoms with Crippen LogP contribution in [0.2, 0.25) is 5.02 Å². The summed E-state index contributed by atoms with van der Waals surface area (Å²) in [5, 5.41) is 3.22. The second-order valence-electron chi connectivity index (χ2n) is 9.35. The van der Waals surface area contributed by atoms with Crippen LogP contribution in [0.3, 0.4) is 0 Å². The van der Waals surface area contributed by atoms with Gasteiger partial charge >= 0.3 is 0 Å². The molecule has 0 aromatic heterocycles. The molecule has 0 radical (unpaired) electrons. The van der Waals surface area contributed by atoms with E-state index in [1.165, 1.54) is 41.3 Å². The minimum Gasteiger partial charge on any atom is -0.352 e. The van der Waals surface area contributed by atoms with Crippen LogP contribution in [0, 0.1) is 12.7 Å².